The van der Waals surface area contributed by atoms with Gasteiger partial charge in [0.15, 0.2) is 0 Å². The number of para-hydroxylation sites is 1. The van der Waals surface area contributed by atoms with E-state index in [9.17, 15) is 9.59 Å². The summed E-state index contributed by atoms with van der Waals surface area (Å²) >= 11 is 0. The lowest BCUT2D eigenvalue weighted by atomic mass is 9.97. The molecule has 0 aromatic heterocycles. The van der Waals surface area contributed by atoms with E-state index >= 15 is 0 Å². The molecule has 1 aromatic carbocycles. The van der Waals surface area contributed by atoms with Crippen molar-refractivity contribution in [1.29, 1.82) is 0 Å². The molecule has 116 valence electrons. The summed E-state index contributed by atoms with van der Waals surface area (Å²) in [7, 11) is 0. The van der Waals surface area contributed by atoms with Crippen LogP contribution in [-0.4, -0.2) is 18.4 Å². The van der Waals surface area contributed by atoms with E-state index in [1.165, 1.54) is 0 Å². The number of amides is 2. The Labute approximate surface area is 127 Å². The first kappa shape index (κ1) is 17.2. The van der Waals surface area contributed by atoms with Gasteiger partial charge in [-0.05, 0) is 36.3 Å². The molecule has 0 aliphatic carbocycles. The number of nitrogens with one attached hydrogen (secondary N) is 2. The van der Waals surface area contributed by atoms with Crippen LogP contribution in [0.4, 0.5) is 5.69 Å². The van der Waals surface area contributed by atoms with E-state index in [0.29, 0.717) is 18.4 Å². The molecule has 0 fully saturated rings. The van der Waals surface area contributed by atoms with Crippen molar-refractivity contribution in [3.8, 4) is 0 Å². The topological polar surface area (TPSA) is 58.2 Å². The third kappa shape index (κ3) is 5.58. The first-order chi connectivity index (χ1) is 9.95. The van der Waals surface area contributed by atoms with Crippen LogP contribution in [0.5, 0.6) is 0 Å². The maximum absolute atomic E-state index is 11.9. The molecule has 4 nitrogen and oxygen atoms in total. The molecular formula is C17H26N2O2. The number of hydrogen-bond donors (Lipinski definition) is 2. The van der Waals surface area contributed by atoms with E-state index in [1.54, 1.807) is 0 Å². The van der Waals surface area contributed by atoms with E-state index in [0.717, 1.165) is 24.1 Å². The lowest BCUT2D eigenvalue weighted by Crippen LogP contribution is -2.36. The zero-order chi connectivity index (χ0) is 15.8. The van der Waals surface area contributed by atoms with Crippen LogP contribution in [0.2, 0.25) is 0 Å². The lowest BCUT2D eigenvalue weighted by Gasteiger charge is -2.15. The van der Waals surface area contributed by atoms with Crippen LogP contribution in [0.25, 0.3) is 0 Å². The molecular weight excluding hydrogens is 264 g/mol. The van der Waals surface area contributed by atoms with Gasteiger partial charge in [-0.1, -0.05) is 45.9 Å². The van der Waals surface area contributed by atoms with Gasteiger partial charge in [0.2, 0.25) is 0 Å². The minimum Gasteiger partial charge on any atom is -0.348 e. The smallest absolute Gasteiger partial charge is 0.313 e. The second kappa shape index (κ2) is 8.45. The van der Waals surface area contributed by atoms with Crippen molar-refractivity contribution in [1.82, 2.24) is 5.32 Å². The Kier molecular flexibility index (Phi) is 6.92. The van der Waals surface area contributed by atoms with Gasteiger partial charge in [-0.15, -0.1) is 0 Å². The van der Waals surface area contributed by atoms with Crippen LogP contribution in [0.15, 0.2) is 24.3 Å². The van der Waals surface area contributed by atoms with Crippen LogP contribution < -0.4 is 10.6 Å². The van der Waals surface area contributed by atoms with Gasteiger partial charge < -0.3 is 10.6 Å². The number of carbonyl (C=O) groups excluding carboxylic acids is 2. The summed E-state index contributed by atoms with van der Waals surface area (Å²) in [5.74, 6) is -0.339. The van der Waals surface area contributed by atoms with Gasteiger partial charge in [0.25, 0.3) is 0 Å². The SMILES string of the molecule is CCC(C)c1ccccc1NC(=O)C(=O)NCCC(C)C. The molecule has 0 saturated carbocycles. The number of carbonyl (C=O) groups is 2. The Morgan fingerprint density at radius 2 is 1.76 bits per heavy atom. The van der Waals surface area contributed by atoms with Crippen molar-refractivity contribution in [2.24, 2.45) is 5.92 Å². The van der Waals surface area contributed by atoms with E-state index in [-0.39, 0.29) is 0 Å². The van der Waals surface area contributed by atoms with Crippen molar-refractivity contribution in [2.45, 2.75) is 46.5 Å². The Hall–Kier alpha value is -1.84. The molecule has 2 amide bonds. The van der Waals surface area contributed by atoms with Gasteiger partial charge in [0.05, 0.1) is 0 Å². The quantitative estimate of drug-likeness (QED) is 0.790. The molecule has 1 atom stereocenters. The standard InChI is InChI=1S/C17H26N2O2/c1-5-13(4)14-8-6-7-9-15(14)19-17(21)16(20)18-11-10-12(2)3/h6-9,12-13H,5,10-11H2,1-4H3,(H,18,20)(H,19,21). The minimum atomic E-state index is -0.602. The van der Waals surface area contributed by atoms with Gasteiger partial charge in [0, 0.05) is 12.2 Å². The molecule has 0 spiro atoms. The molecule has 2 N–H and O–H groups in total. The van der Waals surface area contributed by atoms with Gasteiger partial charge in [-0.25, -0.2) is 0 Å². The second-order valence-electron chi connectivity index (χ2n) is 5.79. The molecule has 0 aliphatic heterocycles. The fourth-order valence-corrected chi connectivity index (χ4v) is 1.99. The van der Waals surface area contributed by atoms with Crippen LogP contribution in [0.3, 0.4) is 0 Å². The van der Waals surface area contributed by atoms with E-state index in [2.05, 4.69) is 38.3 Å². The average molecular weight is 290 g/mol. The maximum Gasteiger partial charge on any atom is 0.313 e. The summed E-state index contributed by atoms with van der Waals surface area (Å²) < 4.78 is 0. The minimum absolute atomic E-state index is 0.338. The molecule has 1 aromatic rings. The predicted molar refractivity (Wildman–Crippen MR) is 86.2 cm³/mol. The number of benzene rings is 1. The van der Waals surface area contributed by atoms with E-state index < -0.39 is 11.8 Å². The summed E-state index contributed by atoms with van der Waals surface area (Å²) in [6.45, 7) is 8.88. The summed E-state index contributed by atoms with van der Waals surface area (Å²) in [5, 5.41) is 5.36. The molecule has 0 saturated heterocycles. The number of hydrogen-bond acceptors (Lipinski definition) is 2. The fraction of sp³-hybridized carbons (Fsp3) is 0.529. The largest absolute Gasteiger partial charge is 0.348 e. The summed E-state index contributed by atoms with van der Waals surface area (Å²) in [6.07, 6.45) is 1.84. The second-order valence-corrected chi connectivity index (χ2v) is 5.79. The van der Waals surface area contributed by atoms with Crippen molar-refractivity contribution >= 4 is 17.5 Å². The third-order valence-electron chi connectivity index (χ3n) is 3.57. The third-order valence-corrected chi connectivity index (χ3v) is 3.57. The summed E-state index contributed by atoms with van der Waals surface area (Å²) in [4.78, 5) is 23.7. The maximum atomic E-state index is 11.9. The van der Waals surface area contributed by atoms with Gasteiger partial charge >= 0.3 is 11.8 Å². The lowest BCUT2D eigenvalue weighted by molar-refractivity contribution is -0.136. The van der Waals surface area contributed by atoms with Gasteiger partial charge in [-0.3, -0.25) is 9.59 Å². The van der Waals surface area contributed by atoms with E-state index in [1.807, 2.05) is 24.3 Å². The van der Waals surface area contributed by atoms with Gasteiger partial charge in [-0.2, -0.15) is 0 Å². The Morgan fingerprint density at radius 1 is 1.10 bits per heavy atom. The highest BCUT2D eigenvalue weighted by Crippen LogP contribution is 2.26. The van der Waals surface area contributed by atoms with Crippen LogP contribution in [0.1, 0.15) is 52.0 Å². The van der Waals surface area contributed by atoms with Crippen molar-refractivity contribution in [3.63, 3.8) is 0 Å². The van der Waals surface area contributed by atoms with Crippen molar-refractivity contribution in [2.75, 3.05) is 11.9 Å². The predicted octanol–water partition coefficient (Wildman–Crippen LogP) is 3.30. The average Bonchev–Trinajstić information content (AvgIpc) is 2.46. The van der Waals surface area contributed by atoms with Crippen LogP contribution in [-0.2, 0) is 9.59 Å². The highest BCUT2D eigenvalue weighted by molar-refractivity contribution is 6.39. The fourth-order valence-electron chi connectivity index (χ4n) is 1.99. The number of anilines is 1. The zero-order valence-corrected chi connectivity index (χ0v) is 13.4. The molecule has 4 heteroatoms. The molecule has 1 unspecified atom stereocenters. The first-order valence-electron chi connectivity index (χ1n) is 7.63. The summed E-state index contributed by atoms with van der Waals surface area (Å²) in [5.41, 5.74) is 1.78. The summed E-state index contributed by atoms with van der Waals surface area (Å²) in [6, 6.07) is 7.62. The Morgan fingerprint density at radius 3 is 2.38 bits per heavy atom. The number of rotatable bonds is 6. The monoisotopic (exact) mass is 290 g/mol. The molecule has 1 rings (SSSR count). The molecule has 0 bridgehead atoms. The normalized spacial score (nSPS) is 12.0. The Balaban J connectivity index is 2.64. The van der Waals surface area contributed by atoms with E-state index in [4.69, 9.17) is 0 Å². The highest BCUT2D eigenvalue weighted by atomic mass is 16.2. The van der Waals surface area contributed by atoms with Crippen LogP contribution >= 0.6 is 0 Å². The molecule has 0 aliphatic rings. The Bertz CT molecular complexity index is 483. The van der Waals surface area contributed by atoms with Crippen molar-refractivity contribution < 1.29 is 9.59 Å². The van der Waals surface area contributed by atoms with Crippen LogP contribution in [0, 0.1) is 5.92 Å². The molecule has 0 heterocycles. The zero-order valence-electron chi connectivity index (χ0n) is 13.4. The molecule has 21 heavy (non-hydrogen) atoms. The first-order valence-corrected chi connectivity index (χ1v) is 7.63. The highest BCUT2D eigenvalue weighted by Gasteiger charge is 2.16. The van der Waals surface area contributed by atoms with Gasteiger partial charge in [0.1, 0.15) is 0 Å². The molecule has 0 radical (unpaired) electrons. The van der Waals surface area contributed by atoms with Crippen molar-refractivity contribution in [3.05, 3.63) is 29.8 Å².